The number of hydrogen-bond donors (Lipinski definition) is 1. The molecule has 1 fully saturated rings. The second-order valence-electron chi connectivity index (χ2n) is 4.88. The Morgan fingerprint density at radius 2 is 2.00 bits per heavy atom. The van der Waals surface area contributed by atoms with E-state index in [0.717, 1.165) is 12.1 Å². The van der Waals surface area contributed by atoms with Crippen LogP contribution in [0, 0.1) is 11.8 Å². The molecule has 4 heteroatoms. The lowest BCUT2D eigenvalue weighted by atomic mass is 10.2. The SMILES string of the molecule is CCCN1CCN(Cc2sccc2C#CCN)CC1. The zero-order chi connectivity index (χ0) is 13.5. The molecule has 0 spiro atoms. The Labute approximate surface area is 120 Å². The Morgan fingerprint density at radius 1 is 1.26 bits per heavy atom. The molecule has 0 aromatic carbocycles. The van der Waals surface area contributed by atoms with Gasteiger partial charge in [0.2, 0.25) is 0 Å². The van der Waals surface area contributed by atoms with Gasteiger partial charge in [-0.15, -0.1) is 11.3 Å². The normalized spacial score (nSPS) is 17.2. The molecule has 0 amide bonds. The lowest BCUT2D eigenvalue weighted by Gasteiger charge is -2.34. The van der Waals surface area contributed by atoms with E-state index in [1.54, 1.807) is 11.3 Å². The van der Waals surface area contributed by atoms with Crippen LogP contribution in [-0.2, 0) is 6.54 Å². The van der Waals surface area contributed by atoms with Crippen molar-refractivity contribution in [1.82, 2.24) is 9.80 Å². The molecule has 19 heavy (non-hydrogen) atoms. The van der Waals surface area contributed by atoms with E-state index in [2.05, 4.69) is 40.0 Å². The summed E-state index contributed by atoms with van der Waals surface area (Å²) in [4.78, 5) is 6.47. The smallest absolute Gasteiger partial charge is 0.0555 e. The zero-order valence-electron chi connectivity index (χ0n) is 11.7. The highest BCUT2D eigenvalue weighted by molar-refractivity contribution is 7.10. The van der Waals surface area contributed by atoms with E-state index < -0.39 is 0 Å². The summed E-state index contributed by atoms with van der Waals surface area (Å²) in [6.45, 7) is 9.69. The summed E-state index contributed by atoms with van der Waals surface area (Å²) in [6.07, 6.45) is 1.25. The Balaban J connectivity index is 1.87. The number of hydrogen-bond acceptors (Lipinski definition) is 4. The molecule has 2 heterocycles. The van der Waals surface area contributed by atoms with Crippen molar-refractivity contribution < 1.29 is 0 Å². The fourth-order valence-corrected chi connectivity index (χ4v) is 3.28. The third-order valence-electron chi connectivity index (χ3n) is 3.44. The number of nitrogens with zero attached hydrogens (tertiary/aromatic N) is 2. The maximum absolute atomic E-state index is 5.44. The first-order valence-corrected chi connectivity index (χ1v) is 7.91. The predicted octanol–water partition coefficient (Wildman–Crippen LogP) is 1.59. The van der Waals surface area contributed by atoms with Crippen LogP contribution < -0.4 is 5.73 Å². The van der Waals surface area contributed by atoms with E-state index in [0.29, 0.717) is 6.54 Å². The summed E-state index contributed by atoms with van der Waals surface area (Å²) < 4.78 is 0. The molecule has 0 aliphatic carbocycles. The molecule has 2 rings (SSSR count). The van der Waals surface area contributed by atoms with E-state index in [4.69, 9.17) is 5.73 Å². The predicted molar refractivity (Wildman–Crippen MR) is 82.3 cm³/mol. The minimum absolute atomic E-state index is 0.435. The lowest BCUT2D eigenvalue weighted by Crippen LogP contribution is -2.45. The maximum atomic E-state index is 5.44. The van der Waals surface area contributed by atoms with Gasteiger partial charge in [-0.3, -0.25) is 4.90 Å². The summed E-state index contributed by atoms with van der Waals surface area (Å²) in [5.74, 6) is 6.12. The van der Waals surface area contributed by atoms with Gasteiger partial charge in [0.25, 0.3) is 0 Å². The molecule has 1 aromatic rings. The summed E-state index contributed by atoms with van der Waals surface area (Å²) >= 11 is 1.81. The molecule has 0 radical (unpaired) electrons. The molecular weight excluding hydrogens is 254 g/mol. The Hall–Kier alpha value is -0.860. The third kappa shape index (κ3) is 4.32. The fourth-order valence-electron chi connectivity index (χ4n) is 2.41. The topological polar surface area (TPSA) is 32.5 Å². The van der Waals surface area contributed by atoms with Crippen molar-refractivity contribution in [2.75, 3.05) is 39.3 Å². The number of nitrogens with two attached hydrogens (primary N) is 1. The third-order valence-corrected chi connectivity index (χ3v) is 4.35. The van der Waals surface area contributed by atoms with Gasteiger partial charge >= 0.3 is 0 Å². The van der Waals surface area contributed by atoms with Crippen molar-refractivity contribution in [3.05, 3.63) is 21.9 Å². The standard InChI is InChI=1S/C15H23N3S/c1-2-7-17-8-10-18(11-9-17)13-15-14(4-3-6-16)5-12-19-15/h5,12H,2,6-11,13,16H2,1H3. The molecule has 2 N–H and O–H groups in total. The molecule has 0 bridgehead atoms. The first-order valence-electron chi connectivity index (χ1n) is 7.03. The van der Waals surface area contributed by atoms with Crippen LogP contribution in [0.3, 0.4) is 0 Å². The average Bonchev–Trinajstić information content (AvgIpc) is 2.86. The quantitative estimate of drug-likeness (QED) is 0.848. The number of rotatable bonds is 4. The van der Waals surface area contributed by atoms with Gasteiger partial charge in [-0.05, 0) is 24.4 Å². The lowest BCUT2D eigenvalue weighted by molar-refractivity contribution is 0.128. The maximum Gasteiger partial charge on any atom is 0.0555 e. The molecule has 1 saturated heterocycles. The van der Waals surface area contributed by atoms with Crippen molar-refractivity contribution in [2.24, 2.45) is 5.73 Å². The van der Waals surface area contributed by atoms with Crippen molar-refractivity contribution in [3.8, 4) is 11.8 Å². The van der Waals surface area contributed by atoms with E-state index >= 15 is 0 Å². The molecule has 0 unspecified atom stereocenters. The molecule has 0 saturated carbocycles. The van der Waals surface area contributed by atoms with Gasteiger partial charge in [0.05, 0.1) is 6.54 Å². The van der Waals surface area contributed by atoms with Gasteiger partial charge in [-0.1, -0.05) is 18.8 Å². The summed E-state index contributed by atoms with van der Waals surface area (Å²) in [7, 11) is 0. The van der Waals surface area contributed by atoms with E-state index in [1.165, 1.54) is 44.0 Å². The van der Waals surface area contributed by atoms with Gasteiger partial charge in [-0.25, -0.2) is 0 Å². The van der Waals surface area contributed by atoms with Gasteiger partial charge in [0, 0.05) is 43.2 Å². The van der Waals surface area contributed by atoms with Crippen molar-refractivity contribution >= 4 is 11.3 Å². The summed E-state index contributed by atoms with van der Waals surface area (Å²) in [6, 6.07) is 2.11. The van der Waals surface area contributed by atoms with E-state index in [9.17, 15) is 0 Å². The minimum Gasteiger partial charge on any atom is -0.320 e. The van der Waals surface area contributed by atoms with Crippen LogP contribution in [0.5, 0.6) is 0 Å². The first-order chi connectivity index (χ1) is 9.33. The van der Waals surface area contributed by atoms with E-state index in [1.807, 2.05) is 0 Å². The monoisotopic (exact) mass is 277 g/mol. The molecule has 3 nitrogen and oxygen atoms in total. The van der Waals surface area contributed by atoms with Gasteiger partial charge < -0.3 is 10.6 Å². The molecule has 104 valence electrons. The van der Waals surface area contributed by atoms with E-state index in [-0.39, 0.29) is 0 Å². The largest absolute Gasteiger partial charge is 0.320 e. The first kappa shape index (κ1) is 14.5. The molecular formula is C15H23N3S. The van der Waals surface area contributed by atoms with Crippen LogP contribution >= 0.6 is 11.3 Å². The molecule has 0 atom stereocenters. The Morgan fingerprint density at radius 3 is 2.68 bits per heavy atom. The number of thiophene rings is 1. The Kier molecular flexibility index (Phi) is 5.87. The highest BCUT2D eigenvalue weighted by atomic mass is 32.1. The highest BCUT2D eigenvalue weighted by Crippen LogP contribution is 2.19. The van der Waals surface area contributed by atoms with Gasteiger partial charge in [0.15, 0.2) is 0 Å². The average molecular weight is 277 g/mol. The van der Waals surface area contributed by atoms with Crippen LogP contribution in [0.2, 0.25) is 0 Å². The van der Waals surface area contributed by atoms with Crippen molar-refractivity contribution in [1.29, 1.82) is 0 Å². The molecule has 1 aromatic heterocycles. The fraction of sp³-hybridized carbons (Fsp3) is 0.600. The second-order valence-corrected chi connectivity index (χ2v) is 5.88. The van der Waals surface area contributed by atoms with Crippen molar-refractivity contribution in [3.63, 3.8) is 0 Å². The second kappa shape index (κ2) is 7.66. The summed E-state index contributed by atoms with van der Waals surface area (Å²) in [5.41, 5.74) is 6.60. The zero-order valence-corrected chi connectivity index (χ0v) is 12.5. The van der Waals surface area contributed by atoms with Crippen LogP contribution in [0.1, 0.15) is 23.8 Å². The number of piperazine rings is 1. The Bertz CT molecular complexity index is 436. The van der Waals surface area contributed by atoms with Crippen LogP contribution in [0.25, 0.3) is 0 Å². The molecule has 1 aliphatic rings. The highest BCUT2D eigenvalue weighted by Gasteiger charge is 2.17. The summed E-state index contributed by atoms with van der Waals surface area (Å²) in [5, 5.41) is 2.13. The van der Waals surface area contributed by atoms with Crippen LogP contribution in [-0.4, -0.2) is 49.1 Å². The minimum atomic E-state index is 0.435. The van der Waals surface area contributed by atoms with Crippen LogP contribution in [0.4, 0.5) is 0 Å². The van der Waals surface area contributed by atoms with Gasteiger partial charge in [-0.2, -0.15) is 0 Å². The van der Waals surface area contributed by atoms with Gasteiger partial charge in [0.1, 0.15) is 0 Å². The van der Waals surface area contributed by atoms with Crippen molar-refractivity contribution in [2.45, 2.75) is 19.9 Å². The van der Waals surface area contributed by atoms with Crippen LogP contribution in [0.15, 0.2) is 11.4 Å². The molecule has 1 aliphatic heterocycles.